The van der Waals surface area contributed by atoms with E-state index in [0.717, 1.165) is 5.69 Å². The molecule has 0 heterocycles. The van der Waals surface area contributed by atoms with E-state index in [-0.39, 0.29) is 18.6 Å². The molecule has 0 fully saturated rings. The largest absolute Gasteiger partial charge is 0.388 e. The molecule has 0 saturated heterocycles. The molecule has 0 aliphatic rings. The first-order valence-corrected chi connectivity index (χ1v) is 6.20. The summed E-state index contributed by atoms with van der Waals surface area (Å²) in [5.74, 6) is -0.187. The van der Waals surface area contributed by atoms with Crippen molar-refractivity contribution in [1.82, 2.24) is 0 Å². The Morgan fingerprint density at radius 1 is 1.32 bits per heavy atom. The summed E-state index contributed by atoms with van der Waals surface area (Å²) in [4.78, 5) is 11.3. The van der Waals surface area contributed by atoms with Crippen molar-refractivity contribution >= 4 is 17.3 Å². The average molecular weight is 266 g/mol. The Kier molecular flexibility index (Phi) is 5.32. The molecule has 0 aliphatic heterocycles. The van der Waals surface area contributed by atoms with Crippen LogP contribution in [0.1, 0.15) is 20.8 Å². The molecule has 0 spiro atoms. The predicted molar refractivity (Wildman–Crippen MR) is 76.3 cm³/mol. The molecule has 1 aromatic carbocycles. The van der Waals surface area contributed by atoms with Crippen LogP contribution in [0.2, 0.25) is 0 Å². The van der Waals surface area contributed by atoms with Gasteiger partial charge in [-0.25, -0.2) is 0 Å². The molecule has 0 aliphatic carbocycles. The van der Waals surface area contributed by atoms with E-state index in [1.807, 2.05) is 19.1 Å². The summed E-state index contributed by atoms with van der Waals surface area (Å²) in [5, 5.41) is 15.8. The number of anilines is 2. The van der Waals surface area contributed by atoms with Crippen LogP contribution in [0.4, 0.5) is 11.4 Å². The first-order valence-electron chi connectivity index (χ1n) is 6.20. The Labute approximate surface area is 114 Å². The van der Waals surface area contributed by atoms with Gasteiger partial charge in [-0.05, 0) is 45.0 Å². The molecule has 0 radical (unpaired) electrons. The van der Waals surface area contributed by atoms with Crippen molar-refractivity contribution in [2.24, 2.45) is 0 Å². The van der Waals surface area contributed by atoms with Gasteiger partial charge in [0.1, 0.15) is 6.61 Å². The van der Waals surface area contributed by atoms with Gasteiger partial charge in [0.05, 0.1) is 11.6 Å². The number of hydrogen-bond acceptors (Lipinski definition) is 4. The van der Waals surface area contributed by atoms with E-state index in [2.05, 4.69) is 10.6 Å². The lowest BCUT2D eigenvalue weighted by atomic mass is 10.0. The molecule has 0 aromatic heterocycles. The Morgan fingerprint density at radius 2 is 1.84 bits per heavy atom. The van der Waals surface area contributed by atoms with Gasteiger partial charge in [0.15, 0.2) is 0 Å². The predicted octanol–water partition coefficient (Wildman–Crippen LogP) is 1.84. The monoisotopic (exact) mass is 266 g/mol. The SMILES string of the molecule is COCC(=O)Nc1ccc(NC(C)C(C)(C)O)cc1. The zero-order valence-electron chi connectivity index (χ0n) is 11.9. The van der Waals surface area contributed by atoms with E-state index < -0.39 is 5.60 Å². The summed E-state index contributed by atoms with van der Waals surface area (Å²) in [7, 11) is 1.48. The molecule has 19 heavy (non-hydrogen) atoms. The summed E-state index contributed by atoms with van der Waals surface area (Å²) in [6.45, 7) is 5.46. The van der Waals surface area contributed by atoms with Crippen LogP contribution >= 0.6 is 0 Å². The standard InChI is InChI=1S/C14H22N2O3/c1-10(14(2,3)18)15-11-5-7-12(8-6-11)16-13(17)9-19-4/h5-8,10,15,18H,9H2,1-4H3,(H,16,17). The number of ether oxygens (including phenoxy) is 1. The third-order valence-corrected chi connectivity index (χ3v) is 2.89. The maximum atomic E-state index is 11.3. The van der Waals surface area contributed by atoms with Crippen LogP contribution in [0.15, 0.2) is 24.3 Å². The fourth-order valence-electron chi connectivity index (χ4n) is 1.40. The van der Waals surface area contributed by atoms with Gasteiger partial charge in [-0.3, -0.25) is 4.79 Å². The van der Waals surface area contributed by atoms with Crippen molar-refractivity contribution < 1.29 is 14.6 Å². The van der Waals surface area contributed by atoms with Crippen LogP contribution in [-0.4, -0.2) is 36.4 Å². The maximum Gasteiger partial charge on any atom is 0.250 e. The summed E-state index contributed by atoms with van der Waals surface area (Å²) in [6.07, 6.45) is 0. The summed E-state index contributed by atoms with van der Waals surface area (Å²) in [6, 6.07) is 7.22. The number of benzene rings is 1. The van der Waals surface area contributed by atoms with E-state index in [0.29, 0.717) is 5.69 Å². The minimum Gasteiger partial charge on any atom is -0.388 e. The van der Waals surface area contributed by atoms with Gasteiger partial charge >= 0.3 is 0 Å². The second kappa shape index (κ2) is 6.54. The Balaban J connectivity index is 2.59. The van der Waals surface area contributed by atoms with Gasteiger partial charge in [0, 0.05) is 18.5 Å². The van der Waals surface area contributed by atoms with Gasteiger partial charge in [-0.15, -0.1) is 0 Å². The number of carbonyl (C=O) groups is 1. The first kappa shape index (κ1) is 15.5. The first-order chi connectivity index (χ1) is 8.82. The third-order valence-electron chi connectivity index (χ3n) is 2.89. The molecule has 3 N–H and O–H groups in total. The van der Waals surface area contributed by atoms with Gasteiger partial charge in [-0.2, -0.15) is 0 Å². The molecular formula is C14H22N2O3. The van der Waals surface area contributed by atoms with E-state index in [9.17, 15) is 9.90 Å². The molecule has 1 unspecified atom stereocenters. The fourth-order valence-corrected chi connectivity index (χ4v) is 1.40. The van der Waals surface area contributed by atoms with Crippen LogP contribution in [-0.2, 0) is 9.53 Å². The van der Waals surface area contributed by atoms with Crippen molar-refractivity contribution in [3.63, 3.8) is 0 Å². The molecule has 1 atom stereocenters. The smallest absolute Gasteiger partial charge is 0.250 e. The molecule has 1 amide bonds. The van der Waals surface area contributed by atoms with Gasteiger partial charge < -0.3 is 20.5 Å². The second-order valence-electron chi connectivity index (χ2n) is 5.08. The van der Waals surface area contributed by atoms with Gasteiger partial charge in [0.25, 0.3) is 0 Å². The van der Waals surface area contributed by atoms with Crippen molar-refractivity contribution in [3.05, 3.63) is 24.3 Å². The normalized spacial score (nSPS) is 12.9. The zero-order valence-corrected chi connectivity index (χ0v) is 11.9. The van der Waals surface area contributed by atoms with E-state index in [1.165, 1.54) is 7.11 Å². The highest BCUT2D eigenvalue weighted by Crippen LogP contribution is 2.18. The zero-order chi connectivity index (χ0) is 14.5. The third kappa shape index (κ3) is 5.28. The maximum absolute atomic E-state index is 11.3. The minimum absolute atomic E-state index is 0.0374. The van der Waals surface area contributed by atoms with E-state index in [1.54, 1.807) is 26.0 Å². The highest BCUT2D eigenvalue weighted by molar-refractivity contribution is 5.91. The molecule has 106 valence electrons. The quantitative estimate of drug-likeness (QED) is 0.735. The lowest BCUT2D eigenvalue weighted by Gasteiger charge is -2.27. The van der Waals surface area contributed by atoms with Crippen molar-refractivity contribution in [2.45, 2.75) is 32.4 Å². The number of nitrogens with one attached hydrogen (secondary N) is 2. The minimum atomic E-state index is -0.800. The highest BCUT2D eigenvalue weighted by Gasteiger charge is 2.21. The van der Waals surface area contributed by atoms with Crippen LogP contribution in [0.25, 0.3) is 0 Å². The van der Waals surface area contributed by atoms with Crippen molar-refractivity contribution in [1.29, 1.82) is 0 Å². The Bertz CT molecular complexity index is 410. The Hall–Kier alpha value is -1.59. The van der Waals surface area contributed by atoms with Gasteiger partial charge in [0.2, 0.25) is 5.91 Å². The molecule has 5 heteroatoms. The lowest BCUT2D eigenvalue weighted by Crippen LogP contribution is -2.39. The van der Waals surface area contributed by atoms with Crippen LogP contribution < -0.4 is 10.6 Å². The van der Waals surface area contributed by atoms with Crippen LogP contribution in [0.5, 0.6) is 0 Å². The molecule has 1 rings (SSSR count). The lowest BCUT2D eigenvalue weighted by molar-refractivity contribution is -0.119. The van der Waals surface area contributed by atoms with Crippen molar-refractivity contribution in [3.8, 4) is 0 Å². The molecular weight excluding hydrogens is 244 g/mol. The number of aliphatic hydroxyl groups is 1. The number of amides is 1. The number of hydrogen-bond donors (Lipinski definition) is 3. The highest BCUT2D eigenvalue weighted by atomic mass is 16.5. The average Bonchev–Trinajstić information content (AvgIpc) is 2.30. The fraction of sp³-hybridized carbons (Fsp3) is 0.500. The van der Waals surface area contributed by atoms with Crippen LogP contribution in [0.3, 0.4) is 0 Å². The number of rotatable bonds is 6. The second-order valence-corrected chi connectivity index (χ2v) is 5.08. The summed E-state index contributed by atoms with van der Waals surface area (Å²) >= 11 is 0. The molecule has 0 saturated carbocycles. The molecule has 1 aromatic rings. The van der Waals surface area contributed by atoms with Crippen molar-refractivity contribution in [2.75, 3.05) is 24.4 Å². The number of methoxy groups -OCH3 is 1. The van der Waals surface area contributed by atoms with E-state index in [4.69, 9.17) is 4.74 Å². The number of carbonyl (C=O) groups excluding carboxylic acids is 1. The summed E-state index contributed by atoms with van der Waals surface area (Å²) < 4.78 is 4.74. The Morgan fingerprint density at radius 3 is 2.32 bits per heavy atom. The van der Waals surface area contributed by atoms with Crippen LogP contribution in [0, 0.1) is 0 Å². The van der Waals surface area contributed by atoms with E-state index >= 15 is 0 Å². The summed E-state index contributed by atoms with van der Waals surface area (Å²) in [5.41, 5.74) is 0.800. The molecule has 0 bridgehead atoms. The molecule has 5 nitrogen and oxygen atoms in total. The topological polar surface area (TPSA) is 70.6 Å². The van der Waals surface area contributed by atoms with Gasteiger partial charge in [-0.1, -0.05) is 0 Å².